The molecule has 2 rings (SSSR count). The molecule has 0 aromatic heterocycles. The van der Waals surface area contributed by atoms with Crippen molar-refractivity contribution in [1.29, 1.82) is 0 Å². The molecule has 6 nitrogen and oxygen atoms in total. The van der Waals surface area contributed by atoms with Gasteiger partial charge in [-0.1, -0.05) is 68.6 Å². The molecule has 0 aliphatic heterocycles. The molecule has 29 heavy (non-hydrogen) atoms. The predicted molar refractivity (Wildman–Crippen MR) is 109 cm³/mol. The van der Waals surface area contributed by atoms with E-state index in [0.29, 0.717) is 17.9 Å². The minimum absolute atomic E-state index is 0.0349. The van der Waals surface area contributed by atoms with Crippen LogP contribution >= 0.6 is 0 Å². The molecule has 152 valence electrons. The lowest BCUT2D eigenvalue weighted by molar-refractivity contribution is 0.108. The second-order valence-corrected chi connectivity index (χ2v) is 6.15. The van der Waals surface area contributed by atoms with Gasteiger partial charge in [-0.2, -0.15) is 0 Å². The van der Waals surface area contributed by atoms with E-state index in [2.05, 4.69) is 13.2 Å². The molecule has 0 aliphatic rings. The Morgan fingerprint density at radius 1 is 0.862 bits per heavy atom. The maximum absolute atomic E-state index is 11.8. The number of para-hydroxylation sites is 2. The summed E-state index contributed by atoms with van der Waals surface area (Å²) in [4.78, 5) is 23.6. The van der Waals surface area contributed by atoms with E-state index in [9.17, 15) is 9.59 Å². The zero-order chi connectivity index (χ0) is 21.1. The minimum atomic E-state index is -0.793. The normalized spacial score (nSPS) is 11.1. The summed E-state index contributed by atoms with van der Waals surface area (Å²) < 4.78 is 20.4. The highest BCUT2D eigenvalue weighted by molar-refractivity contribution is 5.65. The SMILES string of the molecule is C=CCOC(=O)Oc1ccccc1CC(C)c1ccccc1OC(=O)OCC=C. The first-order valence-electron chi connectivity index (χ1n) is 9.13. The van der Waals surface area contributed by atoms with Gasteiger partial charge in [0.05, 0.1) is 0 Å². The first-order chi connectivity index (χ1) is 14.0. The molecule has 0 saturated heterocycles. The summed E-state index contributed by atoms with van der Waals surface area (Å²) in [7, 11) is 0. The van der Waals surface area contributed by atoms with Gasteiger partial charge in [0.2, 0.25) is 0 Å². The Morgan fingerprint density at radius 3 is 2.00 bits per heavy atom. The molecule has 1 unspecified atom stereocenters. The van der Waals surface area contributed by atoms with Crippen molar-refractivity contribution in [3.05, 3.63) is 85.0 Å². The second kappa shape index (κ2) is 11.3. The van der Waals surface area contributed by atoms with Gasteiger partial charge < -0.3 is 18.9 Å². The van der Waals surface area contributed by atoms with Gasteiger partial charge >= 0.3 is 12.3 Å². The van der Waals surface area contributed by atoms with E-state index in [1.54, 1.807) is 24.3 Å². The van der Waals surface area contributed by atoms with Crippen LogP contribution < -0.4 is 9.47 Å². The highest BCUT2D eigenvalue weighted by Crippen LogP contribution is 2.32. The first kappa shape index (κ1) is 21.8. The Balaban J connectivity index is 2.14. The lowest BCUT2D eigenvalue weighted by Crippen LogP contribution is -2.13. The Kier molecular flexibility index (Phi) is 8.51. The van der Waals surface area contributed by atoms with Gasteiger partial charge in [0.1, 0.15) is 24.7 Å². The third-order valence-electron chi connectivity index (χ3n) is 3.97. The summed E-state index contributed by atoms with van der Waals surface area (Å²) in [5, 5.41) is 0. The van der Waals surface area contributed by atoms with Gasteiger partial charge in [-0.15, -0.1) is 0 Å². The van der Waals surface area contributed by atoms with Gasteiger partial charge in [-0.3, -0.25) is 0 Å². The molecule has 0 N–H and O–H groups in total. The topological polar surface area (TPSA) is 71.1 Å². The van der Waals surface area contributed by atoms with E-state index in [1.807, 2.05) is 31.2 Å². The van der Waals surface area contributed by atoms with E-state index < -0.39 is 12.3 Å². The summed E-state index contributed by atoms with van der Waals surface area (Å²) in [5.41, 5.74) is 1.65. The van der Waals surface area contributed by atoms with Crippen molar-refractivity contribution < 1.29 is 28.5 Å². The van der Waals surface area contributed by atoms with Gasteiger partial charge in [0.15, 0.2) is 0 Å². The highest BCUT2D eigenvalue weighted by atomic mass is 16.7. The summed E-state index contributed by atoms with van der Waals surface area (Å²) in [6, 6.07) is 14.4. The molecular weight excluding hydrogens is 372 g/mol. The monoisotopic (exact) mass is 396 g/mol. The van der Waals surface area contributed by atoms with Gasteiger partial charge in [0, 0.05) is 0 Å². The summed E-state index contributed by atoms with van der Waals surface area (Å²) >= 11 is 0. The number of hydrogen-bond acceptors (Lipinski definition) is 6. The van der Waals surface area contributed by atoms with E-state index in [4.69, 9.17) is 18.9 Å². The zero-order valence-corrected chi connectivity index (χ0v) is 16.3. The van der Waals surface area contributed by atoms with Crippen molar-refractivity contribution in [3.8, 4) is 11.5 Å². The fourth-order valence-electron chi connectivity index (χ4n) is 2.68. The molecule has 2 aromatic rings. The van der Waals surface area contributed by atoms with Crippen molar-refractivity contribution in [3.63, 3.8) is 0 Å². The molecule has 0 amide bonds. The lowest BCUT2D eigenvalue weighted by Gasteiger charge is -2.17. The number of carbonyl (C=O) groups excluding carboxylic acids is 2. The van der Waals surface area contributed by atoms with Crippen molar-refractivity contribution in [2.45, 2.75) is 19.3 Å². The van der Waals surface area contributed by atoms with Crippen molar-refractivity contribution >= 4 is 12.3 Å². The third kappa shape index (κ3) is 6.84. The van der Waals surface area contributed by atoms with Crippen LogP contribution in [0, 0.1) is 0 Å². The van der Waals surface area contributed by atoms with Crippen LogP contribution in [0.3, 0.4) is 0 Å². The van der Waals surface area contributed by atoms with Crippen molar-refractivity contribution in [2.75, 3.05) is 13.2 Å². The van der Waals surface area contributed by atoms with Crippen molar-refractivity contribution in [2.24, 2.45) is 0 Å². The number of ether oxygens (including phenoxy) is 4. The lowest BCUT2D eigenvalue weighted by atomic mass is 9.92. The average Bonchev–Trinajstić information content (AvgIpc) is 2.72. The molecule has 0 aliphatic carbocycles. The van der Waals surface area contributed by atoms with Gasteiger partial charge in [-0.25, -0.2) is 9.59 Å². The van der Waals surface area contributed by atoms with Crippen LogP contribution in [0.4, 0.5) is 9.59 Å². The summed E-state index contributed by atoms with van der Waals surface area (Å²) in [5.74, 6) is 0.794. The maximum Gasteiger partial charge on any atom is 0.514 e. The molecule has 0 radical (unpaired) electrons. The standard InChI is InChI=1S/C23H24O6/c1-4-14-26-22(24)28-20-12-8-6-10-18(20)16-17(3)19-11-7-9-13-21(19)29-23(25)27-15-5-2/h4-13,17H,1-2,14-16H2,3H3. The number of carbonyl (C=O) groups is 2. The number of benzene rings is 2. The van der Waals surface area contributed by atoms with Crippen LogP contribution in [0.25, 0.3) is 0 Å². The van der Waals surface area contributed by atoms with Gasteiger partial charge in [0.25, 0.3) is 0 Å². The zero-order valence-electron chi connectivity index (χ0n) is 16.3. The fourth-order valence-corrected chi connectivity index (χ4v) is 2.68. The fraction of sp³-hybridized carbons (Fsp3) is 0.217. The average molecular weight is 396 g/mol. The van der Waals surface area contributed by atoms with E-state index in [1.165, 1.54) is 12.2 Å². The van der Waals surface area contributed by atoms with Crippen LogP contribution in [0.5, 0.6) is 11.5 Å². The largest absolute Gasteiger partial charge is 0.514 e. The third-order valence-corrected chi connectivity index (χ3v) is 3.97. The summed E-state index contributed by atoms with van der Waals surface area (Å²) in [6.07, 6.45) is 1.89. The maximum atomic E-state index is 11.8. The Hall–Kier alpha value is -3.54. The summed E-state index contributed by atoms with van der Waals surface area (Å²) in [6.45, 7) is 9.12. The molecule has 0 saturated carbocycles. The smallest absolute Gasteiger partial charge is 0.430 e. The Labute approximate surface area is 170 Å². The predicted octanol–water partition coefficient (Wildman–Crippen LogP) is 5.44. The van der Waals surface area contributed by atoms with Gasteiger partial charge in [-0.05, 0) is 35.6 Å². The molecule has 1 atom stereocenters. The minimum Gasteiger partial charge on any atom is -0.430 e. The molecular formula is C23H24O6. The molecule has 0 fully saturated rings. The van der Waals surface area contributed by atoms with E-state index >= 15 is 0 Å². The quantitative estimate of drug-likeness (QED) is 0.319. The Bertz CT molecular complexity index is 858. The molecule has 0 spiro atoms. The number of rotatable bonds is 9. The van der Waals surface area contributed by atoms with Crippen LogP contribution in [0.2, 0.25) is 0 Å². The number of hydrogen-bond donors (Lipinski definition) is 0. The molecule has 6 heteroatoms. The molecule has 0 heterocycles. The van der Waals surface area contributed by atoms with E-state index in [-0.39, 0.29) is 19.1 Å². The van der Waals surface area contributed by atoms with Crippen LogP contribution in [-0.4, -0.2) is 25.5 Å². The molecule has 0 bridgehead atoms. The van der Waals surface area contributed by atoms with Crippen LogP contribution in [-0.2, 0) is 15.9 Å². The second-order valence-electron chi connectivity index (χ2n) is 6.15. The molecule has 2 aromatic carbocycles. The Morgan fingerprint density at radius 2 is 1.38 bits per heavy atom. The van der Waals surface area contributed by atoms with Crippen LogP contribution in [0.1, 0.15) is 24.0 Å². The van der Waals surface area contributed by atoms with Crippen molar-refractivity contribution in [1.82, 2.24) is 0 Å². The first-order valence-corrected chi connectivity index (χ1v) is 9.13. The van der Waals surface area contributed by atoms with Crippen LogP contribution in [0.15, 0.2) is 73.8 Å². The van der Waals surface area contributed by atoms with E-state index in [0.717, 1.165) is 11.1 Å². The highest BCUT2D eigenvalue weighted by Gasteiger charge is 2.18.